The molecule has 0 radical (unpaired) electrons. The molecule has 0 N–H and O–H groups in total. The summed E-state index contributed by atoms with van der Waals surface area (Å²) in [5.74, 6) is 0.478. The minimum Gasteiger partial charge on any atom is -0.0943 e. The van der Waals surface area contributed by atoms with Crippen molar-refractivity contribution in [1.29, 1.82) is 0 Å². The van der Waals surface area contributed by atoms with E-state index in [4.69, 9.17) is 0 Å². The summed E-state index contributed by atoms with van der Waals surface area (Å²) in [6.07, 6.45) is 8.84. The van der Waals surface area contributed by atoms with Crippen LogP contribution in [0.25, 0.3) is 5.57 Å². The zero-order valence-electron chi connectivity index (χ0n) is 8.90. The second-order valence-electron chi connectivity index (χ2n) is 4.57. The van der Waals surface area contributed by atoms with Gasteiger partial charge in [0.05, 0.1) is 0 Å². The third kappa shape index (κ3) is 0.967. The van der Waals surface area contributed by atoms with Gasteiger partial charge in [0, 0.05) is 11.3 Å². The number of hydrogen-bond acceptors (Lipinski definition) is 0. The lowest BCUT2D eigenvalue weighted by Crippen LogP contribution is -2.18. The molecule has 74 valence electrons. The van der Waals surface area contributed by atoms with Crippen molar-refractivity contribution in [3.63, 3.8) is 0 Å². The molecule has 0 aromatic heterocycles. The molecular formula is C15H14. The normalized spacial score (nSPS) is 31.5. The fourth-order valence-electron chi connectivity index (χ4n) is 2.78. The van der Waals surface area contributed by atoms with Crippen molar-refractivity contribution in [3.05, 3.63) is 66.3 Å². The van der Waals surface area contributed by atoms with E-state index in [-0.39, 0.29) is 5.41 Å². The first-order valence-corrected chi connectivity index (χ1v) is 5.38. The van der Waals surface area contributed by atoms with Gasteiger partial charge in [-0.05, 0) is 16.7 Å². The fourth-order valence-corrected chi connectivity index (χ4v) is 2.78. The molecule has 0 spiro atoms. The molecule has 0 bridgehead atoms. The summed E-state index contributed by atoms with van der Waals surface area (Å²) in [6.45, 7) is 6.54. The molecule has 2 aliphatic rings. The largest absolute Gasteiger partial charge is 0.0943 e. The van der Waals surface area contributed by atoms with E-state index < -0.39 is 0 Å². The van der Waals surface area contributed by atoms with Crippen molar-refractivity contribution in [2.24, 2.45) is 5.41 Å². The quantitative estimate of drug-likeness (QED) is 0.587. The molecule has 15 heavy (non-hydrogen) atoms. The molecule has 2 aliphatic carbocycles. The summed E-state index contributed by atoms with van der Waals surface area (Å²) >= 11 is 0. The highest BCUT2D eigenvalue weighted by Crippen LogP contribution is 2.56. The van der Waals surface area contributed by atoms with Crippen LogP contribution in [0.15, 0.2) is 55.1 Å². The molecular weight excluding hydrogens is 180 g/mol. The molecule has 0 nitrogen and oxygen atoms in total. The third-order valence-corrected chi connectivity index (χ3v) is 3.77. The number of rotatable bonds is 0. The summed E-state index contributed by atoms with van der Waals surface area (Å²) in [4.78, 5) is 0. The lowest BCUT2D eigenvalue weighted by molar-refractivity contribution is 0.528. The maximum Gasteiger partial charge on any atom is 0.0210 e. The van der Waals surface area contributed by atoms with Gasteiger partial charge in [0.2, 0.25) is 0 Å². The Hall–Kier alpha value is -1.56. The molecule has 1 aromatic carbocycles. The summed E-state index contributed by atoms with van der Waals surface area (Å²) in [6, 6.07) is 8.62. The Morgan fingerprint density at radius 2 is 2.00 bits per heavy atom. The van der Waals surface area contributed by atoms with Gasteiger partial charge in [-0.15, -0.1) is 0 Å². The summed E-state index contributed by atoms with van der Waals surface area (Å²) < 4.78 is 0. The molecule has 0 saturated heterocycles. The highest BCUT2D eigenvalue weighted by atomic mass is 14.4. The Bertz CT molecular complexity index is 491. The Balaban J connectivity index is 2.28. The van der Waals surface area contributed by atoms with Gasteiger partial charge in [-0.25, -0.2) is 0 Å². The standard InChI is InChI=1S/C15H14/c1-11-12-7-3-4-8-13(12)14-9-5-6-10-15(11,14)2/h3-10,14H,1H2,2H3. The number of benzene rings is 1. The van der Waals surface area contributed by atoms with E-state index in [0.29, 0.717) is 5.92 Å². The molecule has 2 atom stereocenters. The number of allylic oxidation sites excluding steroid dienone is 5. The van der Waals surface area contributed by atoms with E-state index in [9.17, 15) is 0 Å². The van der Waals surface area contributed by atoms with Crippen LogP contribution in [0.1, 0.15) is 24.0 Å². The minimum atomic E-state index is 0.0957. The minimum absolute atomic E-state index is 0.0957. The molecule has 0 saturated carbocycles. The van der Waals surface area contributed by atoms with Crippen molar-refractivity contribution in [2.45, 2.75) is 12.8 Å². The topological polar surface area (TPSA) is 0 Å². The van der Waals surface area contributed by atoms with Gasteiger partial charge in [-0.2, -0.15) is 0 Å². The predicted molar refractivity (Wildman–Crippen MR) is 64.6 cm³/mol. The van der Waals surface area contributed by atoms with Crippen LogP contribution in [0, 0.1) is 5.41 Å². The predicted octanol–water partition coefficient (Wildman–Crippen LogP) is 3.93. The van der Waals surface area contributed by atoms with Gasteiger partial charge in [0.15, 0.2) is 0 Å². The van der Waals surface area contributed by atoms with E-state index in [0.717, 1.165) is 0 Å². The van der Waals surface area contributed by atoms with Gasteiger partial charge in [-0.1, -0.05) is 62.1 Å². The highest BCUT2D eigenvalue weighted by Gasteiger charge is 2.42. The molecule has 0 heteroatoms. The Kier molecular flexibility index (Phi) is 1.59. The smallest absolute Gasteiger partial charge is 0.0210 e. The zero-order chi connectivity index (χ0) is 10.5. The van der Waals surface area contributed by atoms with Gasteiger partial charge in [0.1, 0.15) is 0 Å². The molecule has 0 amide bonds. The highest BCUT2D eigenvalue weighted by molar-refractivity contribution is 5.80. The van der Waals surface area contributed by atoms with Crippen LogP contribution in [0.4, 0.5) is 0 Å². The molecule has 1 aromatic rings. The zero-order valence-corrected chi connectivity index (χ0v) is 8.90. The van der Waals surface area contributed by atoms with Crippen molar-refractivity contribution >= 4 is 5.57 Å². The van der Waals surface area contributed by atoms with Crippen molar-refractivity contribution < 1.29 is 0 Å². The Labute approximate surface area is 90.6 Å². The summed E-state index contributed by atoms with van der Waals surface area (Å²) in [5.41, 5.74) is 4.11. The monoisotopic (exact) mass is 194 g/mol. The van der Waals surface area contributed by atoms with Gasteiger partial charge in [-0.3, -0.25) is 0 Å². The van der Waals surface area contributed by atoms with Crippen molar-refractivity contribution in [3.8, 4) is 0 Å². The van der Waals surface area contributed by atoms with E-state index in [1.807, 2.05) is 0 Å². The van der Waals surface area contributed by atoms with Crippen molar-refractivity contribution in [1.82, 2.24) is 0 Å². The van der Waals surface area contributed by atoms with E-state index >= 15 is 0 Å². The van der Waals surface area contributed by atoms with Crippen LogP contribution in [0.3, 0.4) is 0 Å². The summed E-state index contributed by atoms with van der Waals surface area (Å²) in [5, 5.41) is 0. The average Bonchev–Trinajstić information content (AvgIpc) is 2.50. The Morgan fingerprint density at radius 3 is 2.87 bits per heavy atom. The van der Waals surface area contributed by atoms with E-state index in [1.54, 1.807) is 0 Å². The molecule has 0 heterocycles. The van der Waals surface area contributed by atoms with Crippen LogP contribution >= 0.6 is 0 Å². The van der Waals surface area contributed by atoms with Crippen LogP contribution in [0.2, 0.25) is 0 Å². The van der Waals surface area contributed by atoms with Crippen LogP contribution in [0.5, 0.6) is 0 Å². The van der Waals surface area contributed by atoms with Gasteiger partial charge in [0.25, 0.3) is 0 Å². The maximum absolute atomic E-state index is 4.27. The Morgan fingerprint density at radius 1 is 1.20 bits per heavy atom. The molecule has 3 rings (SSSR count). The lowest BCUT2D eigenvalue weighted by Gasteiger charge is -2.29. The first-order valence-electron chi connectivity index (χ1n) is 5.38. The number of hydrogen-bond donors (Lipinski definition) is 0. The summed E-state index contributed by atoms with van der Waals surface area (Å²) in [7, 11) is 0. The second-order valence-corrected chi connectivity index (χ2v) is 4.57. The maximum atomic E-state index is 4.27. The fraction of sp³-hybridized carbons (Fsp3) is 0.200. The molecule has 2 unspecified atom stereocenters. The van der Waals surface area contributed by atoms with Crippen LogP contribution < -0.4 is 0 Å². The van der Waals surface area contributed by atoms with Crippen LogP contribution in [-0.4, -0.2) is 0 Å². The average molecular weight is 194 g/mol. The second kappa shape index (κ2) is 2.73. The van der Waals surface area contributed by atoms with Gasteiger partial charge < -0.3 is 0 Å². The first kappa shape index (κ1) is 8.72. The lowest BCUT2D eigenvalue weighted by atomic mass is 9.73. The third-order valence-electron chi connectivity index (χ3n) is 3.77. The molecule has 0 fully saturated rings. The van der Waals surface area contributed by atoms with Crippen molar-refractivity contribution in [2.75, 3.05) is 0 Å². The van der Waals surface area contributed by atoms with Gasteiger partial charge >= 0.3 is 0 Å². The van der Waals surface area contributed by atoms with Crippen LogP contribution in [-0.2, 0) is 0 Å². The van der Waals surface area contributed by atoms with E-state index in [2.05, 4.69) is 62.1 Å². The number of fused-ring (bicyclic) bond motifs is 3. The van der Waals surface area contributed by atoms with E-state index in [1.165, 1.54) is 16.7 Å². The first-order chi connectivity index (χ1) is 7.23. The molecule has 0 aliphatic heterocycles. The SMILES string of the molecule is C=C1c2ccccc2C2C=CC=CC12C.